The zero-order valence-corrected chi connectivity index (χ0v) is 21.5. The zero-order valence-electron chi connectivity index (χ0n) is 19.8. The molecule has 0 bridgehead atoms. The first-order chi connectivity index (χ1) is 17.1. The van der Waals surface area contributed by atoms with Gasteiger partial charge in [-0.15, -0.1) is 22.7 Å². The number of nitrogens with one attached hydrogen (secondary N) is 1. The van der Waals surface area contributed by atoms with E-state index in [-0.39, 0.29) is 31.1 Å². The first kappa shape index (κ1) is 23.9. The molecule has 1 fully saturated rings. The molecule has 0 radical (unpaired) electrons. The van der Waals surface area contributed by atoms with E-state index in [1.54, 1.807) is 16.2 Å². The highest BCUT2D eigenvalue weighted by atomic mass is 32.1. The molecule has 2 amide bonds. The standard InChI is InChI=1S/C27H30N2O4S2/c1-18-11-13-35-26(18)25(27(31)28-20-6-3-2-4-7-20)29(24(30)15-21-8-5-12-34-21)16-19-9-10-22-23(14-19)33-17-32-22/h5,8-14,20,25H,2-4,6-7,15-17H2,1H3,(H,28,31)/t25-/m1/s1. The number of aryl methyl sites for hydroxylation is 1. The second-order valence-corrected chi connectivity index (χ2v) is 11.2. The van der Waals surface area contributed by atoms with Crippen LogP contribution in [0.4, 0.5) is 0 Å². The molecule has 2 aliphatic rings. The van der Waals surface area contributed by atoms with Crippen LogP contribution in [-0.4, -0.2) is 29.5 Å². The molecule has 0 unspecified atom stereocenters. The Bertz CT molecular complexity index is 1170. The quantitative estimate of drug-likeness (QED) is 0.428. The molecule has 6 nitrogen and oxygen atoms in total. The minimum atomic E-state index is -0.685. The van der Waals surface area contributed by atoms with E-state index in [2.05, 4.69) is 5.32 Å². The van der Waals surface area contributed by atoms with Gasteiger partial charge >= 0.3 is 0 Å². The second kappa shape index (κ2) is 10.8. The normalized spacial score (nSPS) is 16.1. The van der Waals surface area contributed by atoms with Gasteiger partial charge in [0.05, 0.1) is 6.42 Å². The van der Waals surface area contributed by atoms with Gasteiger partial charge in [0.25, 0.3) is 0 Å². The van der Waals surface area contributed by atoms with Crippen molar-refractivity contribution in [2.24, 2.45) is 0 Å². The van der Waals surface area contributed by atoms with Gasteiger partial charge < -0.3 is 19.7 Å². The van der Waals surface area contributed by atoms with Crippen LogP contribution in [0.25, 0.3) is 0 Å². The highest BCUT2D eigenvalue weighted by molar-refractivity contribution is 7.10. The van der Waals surface area contributed by atoms with Gasteiger partial charge in [0.1, 0.15) is 6.04 Å². The van der Waals surface area contributed by atoms with Crippen LogP contribution in [-0.2, 0) is 22.6 Å². The van der Waals surface area contributed by atoms with Gasteiger partial charge in [-0.1, -0.05) is 31.4 Å². The van der Waals surface area contributed by atoms with E-state index in [0.717, 1.165) is 46.6 Å². The lowest BCUT2D eigenvalue weighted by Gasteiger charge is -2.33. The van der Waals surface area contributed by atoms with Crippen LogP contribution in [0, 0.1) is 6.92 Å². The van der Waals surface area contributed by atoms with Gasteiger partial charge in [-0.05, 0) is 65.9 Å². The smallest absolute Gasteiger partial charge is 0.248 e. The van der Waals surface area contributed by atoms with Crippen LogP contribution in [0.2, 0.25) is 0 Å². The maximum absolute atomic E-state index is 13.8. The molecule has 1 aliphatic carbocycles. The van der Waals surface area contributed by atoms with E-state index in [1.807, 2.05) is 54.1 Å². The minimum absolute atomic E-state index is 0.0679. The topological polar surface area (TPSA) is 67.9 Å². The Balaban J connectivity index is 1.48. The summed E-state index contributed by atoms with van der Waals surface area (Å²) in [5, 5.41) is 7.26. The molecule has 3 aromatic rings. The van der Waals surface area contributed by atoms with Crippen LogP contribution < -0.4 is 14.8 Å². The summed E-state index contributed by atoms with van der Waals surface area (Å²) in [6.45, 7) is 2.51. The molecule has 5 rings (SSSR count). The molecule has 8 heteroatoms. The van der Waals surface area contributed by atoms with E-state index >= 15 is 0 Å². The van der Waals surface area contributed by atoms with Crippen molar-refractivity contribution in [1.82, 2.24) is 10.2 Å². The lowest BCUT2D eigenvalue weighted by molar-refractivity contribution is -0.141. The maximum atomic E-state index is 13.8. The molecule has 1 aromatic carbocycles. The lowest BCUT2D eigenvalue weighted by Crippen LogP contribution is -2.47. The van der Waals surface area contributed by atoms with Crippen LogP contribution >= 0.6 is 22.7 Å². The fourth-order valence-electron chi connectivity index (χ4n) is 4.82. The first-order valence-electron chi connectivity index (χ1n) is 12.1. The van der Waals surface area contributed by atoms with Gasteiger partial charge in [0, 0.05) is 22.3 Å². The molecule has 0 saturated heterocycles. The third-order valence-corrected chi connectivity index (χ3v) is 8.63. The molecule has 35 heavy (non-hydrogen) atoms. The van der Waals surface area contributed by atoms with Gasteiger partial charge in [0.15, 0.2) is 11.5 Å². The van der Waals surface area contributed by atoms with Gasteiger partial charge in [0.2, 0.25) is 18.6 Å². The highest BCUT2D eigenvalue weighted by Gasteiger charge is 2.35. The minimum Gasteiger partial charge on any atom is -0.454 e. The number of benzene rings is 1. The molecular weight excluding hydrogens is 480 g/mol. The van der Waals surface area contributed by atoms with Crippen molar-refractivity contribution in [2.45, 2.75) is 64.1 Å². The van der Waals surface area contributed by atoms with Crippen molar-refractivity contribution in [3.05, 3.63) is 68.0 Å². The Morgan fingerprint density at radius 2 is 1.89 bits per heavy atom. The summed E-state index contributed by atoms with van der Waals surface area (Å²) in [5.74, 6) is 1.21. The monoisotopic (exact) mass is 510 g/mol. The molecule has 1 saturated carbocycles. The van der Waals surface area contributed by atoms with Crippen molar-refractivity contribution >= 4 is 34.5 Å². The van der Waals surface area contributed by atoms with E-state index in [4.69, 9.17) is 9.47 Å². The molecule has 1 aliphatic heterocycles. The van der Waals surface area contributed by atoms with Gasteiger partial charge in [-0.25, -0.2) is 0 Å². The third kappa shape index (κ3) is 5.54. The average molecular weight is 511 g/mol. The van der Waals surface area contributed by atoms with Crippen molar-refractivity contribution in [3.8, 4) is 11.5 Å². The lowest BCUT2D eigenvalue weighted by atomic mass is 9.95. The molecule has 2 aromatic heterocycles. The fourth-order valence-corrected chi connectivity index (χ4v) is 6.55. The number of carbonyl (C=O) groups excluding carboxylic acids is 2. The van der Waals surface area contributed by atoms with Crippen LogP contribution in [0.5, 0.6) is 11.5 Å². The molecule has 184 valence electrons. The largest absolute Gasteiger partial charge is 0.454 e. The number of carbonyl (C=O) groups is 2. The van der Waals surface area contributed by atoms with Crippen molar-refractivity contribution < 1.29 is 19.1 Å². The number of thiophene rings is 2. The predicted octanol–water partition coefficient (Wildman–Crippen LogP) is 5.61. The fraction of sp³-hybridized carbons (Fsp3) is 0.407. The summed E-state index contributed by atoms with van der Waals surface area (Å²) in [6.07, 6.45) is 5.73. The molecular formula is C27H30N2O4S2. The number of amides is 2. The van der Waals surface area contributed by atoms with Gasteiger partial charge in [-0.2, -0.15) is 0 Å². The summed E-state index contributed by atoms with van der Waals surface area (Å²) < 4.78 is 11.0. The maximum Gasteiger partial charge on any atom is 0.248 e. The summed E-state index contributed by atoms with van der Waals surface area (Å²) in [5.41, 5.74) is 1.93. The predicted molar refractivity (Wildman–Crippen MR) is 138 cm³/mol. The van der Waals surface area contributed by atoms with Crippen LogP contribution in [0.3, 0.4) is 0 Å². The summed E-state index contributed by atoms with van der Waals surface area (Å²) in [7, 11) is 0. The molecule has 0 spiro atoms. The van der Waals surface area contributed by atoms with Crippen molar-refractivity contribution in [3.63, 3.8) is 0 Å². The Labute approximate surface area is 213 Å². The van der Waals surface area contributed by atoms with Crippen molar-refractivity contribution in [1.29, 1.82) is 0 Å². The highest BCUT2D eigenvalue weighted by Crippen LogP contribution is 2.35. The summed E-state index contributed by atoms with van der Waals surface area (Å²) in [4.78, 5) is 31.3. The first-order valence-corrected chi connectivity index (χ1v) is 13.9. The van der Waals surface area contributed by atoms with E-state index in [9.17, 15) is 9.59 Å². The Kier molecular flexibility index (Phi) is 7.39. The Morgan fingerprint density at radius 1 is 1.06 bits per heavy atom. The van der Waals surface area contributed by atoms with E-state index in [1.165, 1.54) is 17.8 Å². The number of hydrogen-bond donors (Lipinski definition) is 1. The Morgan fingerprint density at radius 3 is 2.63 bits per heavy atom. The SMILES string of the molecule is Cc1ccsc1[C@H](C(=O)NC1CCCCC1)N(Cc1ccc2c(c1)OCO2)C(=O)Cc1cccs1. The molecule has 1 N–H and O–H groups in total. The zero-order chi connectivity index (χ0) is 24.2. The summed E-state index contributed by atoms with van der Waals surface area (Å²) in [6, 6.07) is 11.1. The van der Waals surface area contributed by atoms with E-state index in [0.29, 0.717) is 18.0 Å². The van der Waals surface area contributed by atoms with Crippen LogP contribution in [0.1, 0.15) is 59.0 Å². The average Bonchev–Trinajstić information content (AvgIpc) is 3.62. The number of ether oxygens (including phenoxy) is 2. The second-order valence-electron chi connectivity index (χ2n) is 9.18. The van der Waals surface area contributed by atoms with Crippen LogP contribution in [0.15, 0.2) is 47.2 Å². The number of nitrogens with zero attached hydrogens (tertiary/aromatic N) is 1. The number of fused-ring (bicyclic) bond motifs is 1. The van der Waals surface area contributed by atoms with Crippen molar-refractivity contribution in [2.75, 3.05) is 6.79 Å². The molecule has 3 heterocycles. The Hall–Kier alpha value is -2.84. The molecule has 1 atom stereocenters. The summed E-state index contributed by atoms with van der Waals surface area (Å²) >= 11 is 3.09. The third-order valence-electron chi connectivity index (χ3n) is 6.68. The number of hydrogen-bond acceptors (Lipinski definition) is 6. The van der Waals surface area contributed by atoms with E-state index < -0.39 is 6.04 Å². The van der Waals surface area contributed by atoms with Gasteiger partial charge in [-0.3, -0.25) is 9.59 Å². The number of rotatable bonds is 8.